The Hall–Kier alpha value is -3.09. The SMILES string of the molecule is COC1=C(OC)C(=O)C2=C(CCC2CCCCOc2ccc(C(=O)O)cc2)C1=O. The Morgan fingerprint density at radius 1 is 1.03 bits per heavy atom. The monoisotopic (exact) mass is 400 g/mol. The second-order valence-corrected chi connectivity index (χ2v) is 7.03. The van der Waals surface area contributed by atoms with E-state index in [1.54, 1.807) is 12.1 Å². The third-order valence-corrected chi connectivity index (χ3v) is 5.34. The Labute approximate surface area is 168 Å². The number of hydrogen-bond donors (Lipinski definition) is 1. The summed E-state index contributed by atoms with van der Waals surface area (Å²) in [5, 5.41) is 8.90. The van der Waals surface area contributed by atoms with Crippen molar-refractivity contribution in [2.45, 2.75) is 32.1 Å². The molecule has 2 aliphatic carbocycles. The number of ketones is 2. The predicted octanol–water partition coefficient (Wildman–Crippen LogP) is 3.30. The molecule has 0 aromatic heterocycles. The molecule has 2 aliphatic rings. The number of aromatic carboxylic acids is 1. The highest BCUT2D eigenvalue weighted by Gasteiger charge is 2.42. The number of unbranched alkanes of at least 4 members (excludes halogenated alkanes) is 1. The van der Waals surface area contributed by atoms with Gasteiger partial charge in [-0.15, -0.1) is 0 Å². The Kier molecular flexibility index (Phi) is 6.36. The molecule has 0 fully saturated rings. The van der Waals surface area contributed by atoms with Crippen LogP contribution in [0.25, 0.3) is 0 Å². The van der Waals surface area contributed by atoms with Crippen LogP contribution in [-0.2, 0) is 19.1 Å². The topological polar surface area (TPSA) is 99.1 Å². The van der Waals surface area contributed by atoms with Gasteiger partial charge >= 0.3 is 5.97 Å². The summed E-state index contributed by atoms with van der Waals surface area (Å²) >= 11 is 0. The zero-order chi connectivity index (χ0) is 21.0. The second-order valence-electron chi connectivity index (χ2n) is 7.03. The van der Waals surface area contributed by atoms with Crippen molar-refractivity contribution in [2.75, 3.05) is 20.8 Å². The van der Waals surface area contributed by atoms with Gasteiger partial charge in [0, 0.05) is 11.1 Å². The number of ether oxygens (including phenoxy) is 3. The predicted molar refractivity (Wildman–Crippen MR) is 104 cm³/mol. The van der Waals surface area contributed by atoms with Gasteiger partial charge in [0.2, 0.25) is 23.1 Å². The van der Waals surface area contributed by atoms with Crippen LogP contribution in [0.2, 0.25) is 0 Å². The quantitative estimate of drug-likeness (QED) is 0.501. The van der Waals surface area contributed by atoms with Gasteiger partial charge in [0.05, 0.1) is 26.4 Å². The lowest BCUT2D eigenvalue weighted by Gasteiger charge is -2.21. The zero-order valence-corrected chi connectivity index (χ0v) is 16.5. The standard InChI is InChI=1S/C22H24O7/c1-27-20-18(23)16-11-8-13(17(16)19(24)21(20)28-2)5-3-4-12-29-15-9-6-14(7-10-15)22(25)26/h6-7,9-10,13H,3-5,8,11-12H2,1-2H3,(H,25,26). The van der Waals surface area contributed by atoms with Crippen molar-refractivity contribution in [1.82, 2.24) is 0 Å². The Morgan fingerprint density at radius 2 is 1.69 bits per heavy atom. The van der Waals surface area contributed by atoms with E-state index in [-0.39, 0.29) is 34.6 Å². The highest BCUT2D eigenvalue weighted by Crippen LogP contribution is 2.42. The molecule has 0 aliphatic heterocycles. The molecule has 0 spiro atoms. The van der Waals surface area contributed by atoms with Gasteiger partial charge in [-0.3, -0.25) is 9.59 Å². The number of rotatable bonds is 9. The van der Waals surface area contributed by atoms with Crippen molar-refractivity contribution in [3.63, 3.8) is 0 Å². The fourth-order valence-electron chi connectivity index (χ4n) is 3.90. The van der Waals surface area contributed by atoms with Gasteiger partial charge in [0.1, 0.15) is 5.75 Å². The molecule has 0 bridgehead atoms. The Morgan fingerprint density at radius 3 is 2.31 bits per heavy atom. The fourth-order valence-corrected chi connectivity index (χ4v) is 3.90. The molecule has 0 amide bonds. The molecule has 0 saturated heterocycles. The van der Waals surface area contributed by atoms with Crippen LogP contribution in [0, 0.1) is 5.92 Å². The maximum atomic E-state index is 12.8. The number of carboxylic acid groups (broad SMARTS) is 1. The third kappa shape index (κ3) is 4.18. The molecule has 7 heteroatoms. The molecular formula is C22H24O7. The molecule has 1 atom stereocenters. The Balaban J connectivity index is 1.51. The van der Waals surface area contributed by atoms with Gasteiger partial charge in [0.25, 0.3) is 0 Å². The van der Waals surface area contributed by atoms with Gasteiger partial charge < -0.3 is 19.3 Å². The number of carboxylic acids is 1. The summed E-state index contributed by atoms with van der Waals surface area (Å²) in [5.74, 6) is -0.793. The van der Waals surface area contributed by atoms with Crippen LogP contribution >= 0.6 is 0 Å². The fraction of sp³-hybridized carbons (Fsp3) is 0.409. The first-order valence-electron chi connectivity index (χ1n) is 9.58. The van der Waals surface area contributed by atoms with E-state index in [9.17, 15) is 14.4 Å². The average molecular weight is 400 g/mol. The number of Topliss-reactive ketones (excluding diaryl/α,β-unsaturated/α-hetero) is 2. The summed E-state index contributed by atoms with van der Waals surface area (Å²) in [6.07, 6.45) is 3.78. The highest BCUT2D eigenvalue weighted by molar-refractivity contribution is 6.24. The molecule has 1 unspecified atom stereocenters. The molecule has 0 heterocycles. The van der Waals surface area contributed by atoms with Crippen molar-refractivity contribution in [1.29, 1.82) is 0 Å². The summed E-state index contributed by atoms with van der Waals surface area (Å²) in [5.41, 5.74) is 1.36. The minimum Gasteiger partial charge on any atom is -0.494 e. The van der Waals surface area contributed by atoms with Gasteiger partial charge in [0.15, 0.2) is 0 Å². The van der Waals surface area contributed by atoms with E-state index in [4.69, 9.17) is 19.3 Å². The van der Waals surface area contributed by atoms with E-state index in [1.807, 2.05) is 0 Å². The molecule has 1 aromatic rings. The summed E-state index contributed by atoms with van der Waals surface area (Å²) in [4.78, 5) is 36.2. The Bertz CT molecular complexity index is 877. The molecular weight excluding hydrogens is 376 g/mol. The lowest BCUT2D eigenvalue weighted by atomic mass is 9.87. The van der Waals surface area contributed by atoms with Crippen molar-refractivity contribution >= 4 is 17.5 Å². The molecule has 29 heavy (non-hydrogen) atoms. The van der Waals surface area contributed by atoms with Crippen LogP contribution in [0.4, 0.5) is 0 Å². The minimum absolute atomic E-state index is 0.000725. The van der Waals surface area contributed by atoms with Crippen molar-refractivity contribution < 1.29 is 33.7 Å². The van der Waals surface area contributed by atoms with E-state index >= 15 is 0 Å². The smallest absolute Gasteiger partial charge is 0.335 e. The van der Waals surface area contributed by atoms with Crippen molar-refractivity contribution in [3.8, 4) is 5.75 Å². The lowest BCUT2D eigenvalue weighted by Crippen LogP contribution is -2.26. The third-order valence-electron chi connectivity index (χ3n) is 5.34. The number of allylic oxidation sites excluding steroid dienone is 2. The first kappa shape index (κ1) is 20.6. The van der Waals surface area contributed by atoms with Crippen molar-refractivity contribution in [3.05, 3.63) is 52.5 Å². The number of methoxy groups -OCH3 is 2. The molecule has 0 saturated carbocycles. The number of benzene rings is 1. The summed E-state index contributed by atoms with van der Waals surface area (Å²) in [6.45, 7) is 0.495. The molecule has 1 aromatic carbocycles. The van der Waals surface area contributed by atoms with Crippen LogP contribution in [0.5, 0.6) is 5.75 Å². The maximum absolute atomic E-state index is 12.8. The average Bonchev–Trinajstić information content (AvgIpc) is 3.15. The first-order valence-corrected chi connectivity index (χ1v) is 9.58. The van der Waals surface area contributed by atoms with E-state index in [1.165, 1.54) is 26.4 Å². The molecule has 1 N–H and O–H groups in total. The number of carbonyl (C=O) groups is 3. The second kappa shape index (κ2) is 8.94. The van der Waals surface area contributed by atoms with Crippen LogP contribution in [0.3, 0.4) is 0 Å². The van der Waals surface area contributed by atoms with E-state index in [0.717, 1.165) is 25.7 Å². The first-order chi connectivity index (χ1) is 14.0. The number of carbonyl (C=O) groups excluding carboxylic acids is 2. The van der Waals surface area contributed by atoms with Gasteiger partial charge in [-0.1, -0.05) is 0 Å². The van der Waals surface area contributed by atoms with Gasteiger partial charge in [-0.25, -0.2) is 4.79 Å². The highest BCUT2D eigenvalue weighted by atomic mass is 16.5. The largest absolute Gasteiger partial charge is 0.494 e. The minimum atomic E-state index is -0.971. The molecule has 0 radical (unpaired) electrons. The van der Waals surface area contributed by atoms with E-state index in [2.05, 4.69) is 0 Å². The molecule has 154 valence electrons. The van der Waals surface area contributed by atoms with Gasteiger partial charge in [-0.2, -0.15) is 0 Å². The van der Waals surface area contributed by atoms with E-state index in [0.29, 0.717) is 29.9 Å². The summed E-state index contributed by atoms with van der Waals surface area (Å²) in [7, 11) is 2.74. The van der Waals surface area contributed by atoms with Gasteiger partial charge in [-0.05, 0) is 62.3 Å². The lowest BCUT2D eigenvalue weighted by molar-refractivity contribution is -0.121. The van der Waals surface area contributed by atoms with Crippen molar-refractivity contribution in [2.24, 2.45) is 5.92 Å². The number of hydrogen-bond acceptors (Lipinski definition) is 6. The summed E-state index contributed by atoms with van der Waals surface area (Å²) in [6, 6.07) is 6.28. The molecule has 3 rings (SSSR count). The van der Waals surface area contributed by atoms with Crippen LogP contribution < -0.4 is 4.74 Å². The van der Waals surface area contributed by atoms with Crippen LogP contribution in [-0.4, -0.2) is 43.5 Å². The normalized spacial score (nSPS) is 18.8. The molecule has 7 nitrogen and oxygen atoms in total. The maximum Gasteiger partial charge on any atom is 0.335 e. The van der Waals surface area contributed by atoms with Crippen LogP contribution in [0.15, 0.2) is 46.9 Å². The summed E-state index contributed by atoms with van der Waals surface area (Å²) < 4.78 is 15.9. The zero-order valence-electron chi connectivity index (χ0n) is 16.5. The van der Waals surface area contributed by atoms with E-state index < -0.39 is 5.97 Å². The van der Waals surface area contributed by atoms with Crippen LogP contribution in [0.1, 0.15) is 42.5 Å².